The molecule has 0 fully saturated rings. The van der Waals surface area contributed by atoms with E-state index in [4.69, 9.17) is 22.1 Å². The van der Waals surface area contributed by atoms with Gasteiger partial charge in [0.05, 0.1) is 0 Å². The van der Waals surface area contributed by atoms with Gasteiger partial charge in [-0.1, -0.05) is 11.6 Å². The van der Waals surface area contributed by atoms with E-state index in [9.17, 15) is 4.79 Å². The van der Waals surface area contributed by atoms with Crippen LogP contribution in [0.4, 0.5) is 17.5 Å². The number of nitrogens with one attached hydrogen (secondary N) is 3. The molecule has 1 aromatic carbocycles. The average Bonchev–Trinajstić information content (AvgIpc) is 2.47. The molecule has 5 N–H and O–H groups in total. The number of ether oxygens (including phenoxy) is 1. The third-order valence-corrected chi connectivity index (χ3v) is 2.92. The third kappa shape index (κ3) is 4.03. The zero-order valence-corrected chi connectivity index (χ0v) is 12.2. The molecule has 2 rings (SSSR count). The second-order valence-electron chi connectivity index (χ2n) is 4.15. The van der Waals surface area contributed by atoms with Gasteiger partial charge in [0, 0.05) is 18.6 Å². The second-order valence-corrected chi connectivity index (χ2v) is 4.59. The van der Waals surface area contributed by atoms with E-state index in [1.807, 2.05) is 0 Å². The number of nitrogens with two attached hydrogens (primary N) is 1. The van der Waals surface area contributed by atoms with Crippen molar-refractivity contribution in [3.8, 4) is 5.75 Å². The van der Waals surface area contributed by atoms with Crippen molar-refractivity contribution in [2.75, 3.05) is 36.6 Å². The molecule has 1 heterocycles. The van der Waals surface area contributed by atoms with Crippen molar-refractivity contribution >= 4 is 29.1 Å². The molecule has 0 unspecified atom stereocenters. The Morgan fingerprint density at radius 2 is 2.10 bits per heavy atom. The molecule has 0 aliphatic rings. The van der Waals surface area contributed by atoms with E-state index in [1.54, 1.807) is 31.3 Å². The van der Waals surface area contributed by atoms with E-state index in [0.29, 0.717) is 29.9 Å². The van der Waals surface area contributed by atoms with Crippen molar-refractivity contribution < 1.29 is 4.74 Å². The van der Waals surface area contributed by atoms with Gasteiger partial charge in [0.2, 0.25) is 5.95 Å². The van der Waals surface area contributed by atoms with Crippen LogP contribution in [0.25, 0.3) is 0 Å². The molecule has 0 bridgehead atoms. The SMILES string of the molecule is CNc1nc(N)c(NCCOc2ccc(Cl)cc2)c(=O)[nH]1. The van der Waals surface area contributed by atoms with Gasteiger partial charge in [-0.3, -0.25) is 9.78 Å². The molecule has 0 atom stereocenters. The molecule has 0 aliphatic heterocycles. The summed E-state index contributed by atoms with van der Waals surface area (Å²) in [5.74, 6) is 1.15. The van der Waals surface area contributed by atoms with Crippen LogP contribution in [0.15, 0.2) is 29.1 Å². The smallest absolute Gasteiger partial charge is 0.277 e. The number of nitrogen functional groups attached to an aromatic ring is 1. The lowest BCUT2D eigenvalue weighted by atomic mass is 10.3. The van der Waals surface area contributed by atoms with Gasteiger partial charge in [0.25, 0.3) is 5.56 Å². The van der Waals surface area contributed by atoms with Crippen molar-refractivity contribution in [1.29, 1.82) is 0 Å². The van der Waals surface area contributed by atoms with Crippen LogP contribution in [0.1, 0.15) is 0 Å². The average molecular weight is 310 g/mol. The van der Waals surface area contributed by atoms with E-state index in [0.717, 1.165) is 0 Å². The maximum absolute atomic E-state index is 11.8. The molecule has 0 saturated heterocycles. The van der Waals surface area contributed by atoms with Gasteiger partial charge in [-0.2, -0.15) is 4.98 Å². The summed E-state index contributed by atoms with van der Waals surface area (Å²) in [6.45, 7) is 0.783. The first-order valence-corrected chi connectivity index (χ1v) is 6.67. The molecule has 2 aromatic rings. The van der Waals surface area contributed by atoms with E-state index < -0.39 is 0 Å². The molecule has 0 spiro atoms. The summed E-state index contributed by atoms with van der Waals surface area (Å²) in [5, 5.41) is 6.27. The molecular weight excluding hydrogens is 294 g/mol. The van der Waals surface area contributed by atoms with Gasteiger partial charge in [0.15, 0.2) is 5.82 Å². The standard InChI is InChI=1S/C13H16ClN5O2/c1-16-13-18-11(15)10(12(20)19-13)17-6-7-21-9-4-2-8(14)3-5-9/h2-5,17H,6-7H2,1H3,(H4,15,16,18,19,20). The highest BCUT2D eigenvalue weighted by Crippen LogP contribution is 2.15. The summed E-state index contributed by atoms with van der Waals surface area (Å²) in [6, 6.07) is 7.03. The number of H-pyrrole nitrogens is 1. The lowest BCUT2D eigenvalue weighted by Gasteiger charge is -2.10. The van der Waals surface area contributed by atoms with Crippen molar-refractivity contribution in [2.24, 2.45) is 0 Å². The molecule has 21 heavy (non-hydrogen) atoms. The number of aromatic nitrogens is 2. The van der Waals surface area contributed by atoms with Crippen LogP contribution >= 0.6 is 11.6 Å². The van der Waals surface area contributed by atoms with Crippen LogP contribution in [-0.2, 0) is 0 Å². The zero-order valence-electron chi connectivity index (χ0n) is 11.4. The topological polar surface area (TPSA) is 105 Å². The molecule has 0 saturated carbocycles. The minimum Gasteiger partial charge on any atom is -0.492 e. The Kier molecular flexibility index (Phi) is 4.89. The van der Waals surface area contributed by atoms with Gasteiger partial charge >= 0.3 is 0 Å². The highest BCUT2D eigenvalue weighted by Gasteiger charge is 2.07. The Morgan fingerprint density at radius 1 is 1.38 bits per heavy atom. The Balaban J connectivity index is 1.89. The number of benzene rings is 1. The van der Waals surface area contributed by atoms with Gasteiger partial charge in [-0.15, -0.1) is 0 Å². The maximum atomic E-state index is 11.8. The summed E-state index contributed by atoms with van der Waals surface area (Å²) < 4.78 is 5.50. The summed E-state index contributed by atoms with van der Waals surface area (Å²) in [6.07, 6.45) is 0. The van der Waals surface area contributed by atoms with Gasteiger partial charge in [-0.25, -0.2) is 0 Å². The normalized spacial score (nSPS) is 10.2. The van der Waals surface area contributed by atoms with Crippen LogP contribution in [-0.4, -0.2) is 30.2 Å². The number of rotatable bonds is 6. The van der Waals surface area contributed by atoms with Crippen LogP contribution < -0.4 is 26.7 Å². The predicted molar refractivity (Wildman–Crippen MR) is 84.3 cm³/mol. The van der Waals surface area contributed by atoms with Crippen molar-refractivity contribution in [3.05, 3.63) is 39.6 Å². The zero-order chi connectivity index (χ0) is 15.2. The minimum atomic E-state index is -0.335. The lowest BCUT2D eigenvalue weighted by molar-refractivity contribution is 0.333. The van der Waals surface area contributed by atoms with Gasteiger partial charge in [0.1, 0.15) is 18.0 Å². The number of hydrogen-bond donors (Lipinski definition) is 4. The van der Waals surface area contributed by atoms with E-state index >= 15 is 0 Å². The van der Waals surface area contributed by atoms with E-state index in [-0.39, 0.29) is 17.1 Å². The van der Waals surface area contributed by atoms with Crippen LogP contribution in [0.3, 0.4) is 0 Å². The summed E-state index contributed by atoms with van der Waals surface area (Å²) in [7, 11) is 1.64. The Hall–Kier alpha value is -2.41. The summed E-state index contributed by atoms with van der Waals surface area (Å²) in [5.41, 5.74) is 5.61. The van der Waals surface area contributed by atoms with Crippen molar-refractivity contribution in [2.45, 2.75) is 0 Å². The van der Waals surface area contributed by atoms with Crippen LogP contribution in [0.2, 0.25) is 5.02 Å². The fraction of sp³-hybridized carbons (Fsp3) is 0.231. The number of aromatic amines is 1. The van der Waals surface area contributed by atoms with Crippen LogP contribution in [0.5, 0.6) is 5.75 Å². The number of halogens is 1. The van der Waals surface area contributed by atoms with Crippen LogP contribution in [0, 0.1) is 0 Å². The fourth-order valence-electron chi connectivity index (χ4n) is 1.66. The monoisotopic (exact) mass is 309 g/mol. The first-order valence-electron chi connectivity index (χ1n) is 6.30. The Morgan fingerprint density at radius 3 is 2.71 bits per heavy atom. The Labute approximate surface area is 126 Å². The molecule has 8 heteroatoms. The molecule has 0 radical (unpaired) electrons. The summed E-state index contributed by atoms with van der Waals surface area (Å²) >= 11 is 5.78. The fourth-order valence-corrected chi connectivity index (χ4v) is 1.78. The minimum absolute atomic E-state index is 0.134. The molecule has 112 valence electrons. The van der Waals surface area contributed by atoms with Crippen molar-refractivity contribution in [3.63, 3.8) is 0 Å². The quantitative estimate of drug-likeness (QED) is 0.603. The number of anilines is 3. The van der Waals surface area contributed by atoms with Crippen molar-refractivity contribution in [1.82, 2.24) is 9.97 Å². The van der Waals surface area contributed by atoms with Gasteiger partial charge in [-0.05, 0) is 24.3 Å². The first-order chi connectivity index (χ1) is 10.1. The van der Waals surface area contributed by atoms with E-state index in [2.05, 4.69) is 20.6 Å². The summed E-state index contributed by atoms with van der Waals surface area (Å²) in [4.78, 5) is 18.3. The maximum Gasteiger partial charge on any atom is 0.277 e. The van der Waals surface area contributed by atoms with Gasteiger partial charge < -0.3 is 21.1 Å². The number of hydrogen-bond acceptors (Lipinski definition) is 6. The number of nitrogens with zero attached hydrogens (tertiary/aromatic N) is 1. The Bertz CT molecular complexity index is 657. The van der Waals surface area contributed by atoms with E-state index in [1.165, 1.54) is 0 Å². The molecule has 1 aromatic heterocycles. The molecule has 7 nitrogen and oxygen atoms in total. The molecular formula is C13H16ClN5O2. The first kappa shape index (κ1) is 15.0. The lowest BCUT2D eigenvalue weighted by Crippen LogP contribution is -2.22. The third-order valence-electron chi connectivity index (χ3n) is 2.67. The molecule has 0 aliphatic carbocycles. The highest BCUT2D eigenvalue weighted by molar-refractivity contribution is 6.30. The molecule has 0 amide bonds. The second kappa shape index (κ2) is 6.85. The highest BCUT2D eigenvalue weighted by atomic mass is 35.5. The predicted octanol–water partition coefficient (Wildman–Crippen LogP) is 1.54. The largest absolute Gasteiger partial charge is 0.492 e.